The molecule has 1 N–H and O–H groups in total. The highest BCUT2D eigenvalue weighted by atomic mass is 16.5. The number of hydrogen-bond acceptors (Lipinski definition) is 4. The van der Waals surface area contributed by atoms with Crippen molar-refractivity contribution in [3.8, 4) is 11.5 Å². The number of benzene rings is 2. The van der Waals surface area contributed by atoms with Gasteiger partial charge in [0.1, 0.15) is 17.1 Å². The van der Waals surface area contributed by atoms with Crippen molar-refractivity contribution in [1.29, 1.82) is 0 Å². The molecule has 1 heterocycles. The van der Waals surface area contributed by atoms with Crippen LogP contribution in [0.2, 0.25) is 0 Å². The molecule has 0 aliphatic carbocycles. The van der Waals surface area contributed by atoms with Crippen molar-refractivity contribution in [3.63, 3.8) is 0 Å². The molecule has 0 saturated heterocycles. The minimum Gasteiger partial charge on any atom is -0.487 e. The second kappa shape index (κ2) is 8.22. The van der Waals surface area contributed by atoms with Gasteiger partial charge in [0.15, 0.2) is 0 Å². The third kappa shape index (κ3) is 5.16. The summed E-state index contributed by atoms with van der Waals surface area (Å²) in [6.07, 6.45) is 3.39. The maximum Gasteiger partial charge on any atom is 0.343 e. The predicted molar refractivity (Wildman–Crippen MR) is 121 cm³/mol. The summed E-state index contributed by atoms with van der Waals surface area (Å²) < 4.78 is 11.9. The molecule has 2 aromatic rings. The van der Waals surface area contributed by atoms with Crippen molar-refractivity contribution < 1.29 is 24.2 Å². The third-order valence-electron chi connectivity index (χ3n) is 5.46. The summed E-state index contributed by atoms with van der Waals surface area (Å²) in [5.74, 6) is 0.0186. The van der Waals surface area contributed by atoms with E-state index < -0.39 is 11.9 Å². The lowest BCUT2D eigenvalue weighted by molar-refractivity contribution is -0.131. The first kappa shape index (κ1) is 22.6. The molecule has 0 fully saturated rings. The Bertz CT molecular complexity index is 1030. The molecule has 5 nitrogen and oxygen atoms in total. The molecule has 1 aliphatic heterocycles. The molecule has 0 spiro atoms. The fourth-order valence-corrected chi connectivity index (χ4v) is 4.27. The van der Waals surface area contributed by atoms with Gasteiger partial charge in [-0.05, 0) is 73.1 Å². The molecule has 2 aromatic carbocycles. The number of fused-ring (bicyclic) bond motifs is 1. The second-order valence-corrected chi connectivity index (χ2v) is 9.65. The number of carboxylic acid groups (broad SMARTS) is 1. The van der Waals surface area contributed by atoms with Crippen LogP contribution in [-0.4, -0.2) is 22.6 Å². The zero-order valence-electron chi connectivity index (χ0n) is 19.0. The lowest BCUT2D eigenvalue weighted by Gasteiger charge is -2.43. The van der Waals surface area contributed by atoms with Crippen LogP contribution in [0.15, 0.2) is 42.5 Å². The van der Waals surface area contributed by atoms with Crippen LogP contribution in [0.4, 0.5) is 0 Å². The van der Waals surface area contributed by atoms with Crippen LogP contribution < -0.4 is 9.47 Å². The van der Waals surface area contributed by atoms with Crippen molar-refractivity contribution in [2.24, 2.45) is 0 Å². The molecule has 31 heavy (non-hydrogen) atoms. The number of aliphatic carboxylic acids is 1. The zero-order valence-corrected chi connectivity index (χ0v) is 19.0. The summed E-state index contributed by atoms with van der Waals surface area (Å²) in [7, 11) is 0. The topological polar surface area (TPSA) is 72.8 Å². The molecule has 0 radical (unpaired) electrons. The number of carbonyl (C=O) groups excluding carboxylic acids is 1. The van der Waals surface area contributed by atoms with Gasteiger partial charge >= 0.3 is 11.9 Å². The van der Waals surface area contributed by atoms with Crippen LogP contribution in [-0.2, 0) is 10.2 Å². The third-order valence-corrected chi connectivity index (χ3v) is 5.46. The first-order valence-electron chi connectivity index (χ1n) is 10.5. The Labute approximate surface area is 183 Å². The molecule has 164 valence electrons. The molecule has 5 heteroatoms. The molecule has 3 rings (SSSR count). The minimum absolute atomic E-state index is 0.144. The molecule has 0 unspecified atom stereocenters. The average molecular weight is 423 g/mol. The second-order valence-electron chi connectivity index (χ2n) is 9.65. The van der Waals surface area contributed by atoms with Gasteiger partial charge in [-0.25, -0.2) is 9.59 Å². The van der Waals surface area contributed by atoms with E-state index in [0.717, 1.165) is 29.4 Å². The van der Waals surface area contributed by atoms with E-state index in [9.17, 15) is 9.59 Å². The van der Waals surface area contributed by atoms with E-state index in [-0.39, 0.29) is 16.9 Å². The highest BCUT2D eigenvalue weighted by Gasteiger charge is 2.41. The Morgan fingerprint density at radius 2 is 1.74 bits per heavy atom. The standard InChI is InChI=1S/C26H30O5/c1-16(2)20-13-18(14-21-23(20)31-26(5,6)15-25(21,3)4)24(29)30-19-10-7-17(8-11-19)9-12-22(27)28/h7-14,16H,15H2,1-6H3,(H,27,28)/b12-9+. The summed E-state index contributed by atoms with van der Waals surface area (Å²) in [4.78, 5) is 23.6. The van der Waals surface area contributed by atoms with E-state index in [1.165, 1.54) is 6.08 Å². The van der Waals surface area contributed by atoms with Crippen molar-refractivity contribution >= 4 is 18.0 Å². The van der Waals surface area contributed by atoms with E-state index in [4.69, 9.17) is 14.6 Å². The van der Waals surface area contributed by atoms with Gasteiger partial charge in [0.25, 0.3) is 0 Å². The Morgan fingerprint density at radius 3 is 2.32 bits per heavy atom. The molecule has 0 atom stereocenters. The molecular formula is C26H30O5. The Balaban J connectivity index is 1.92. The summed E-state index contributed by atoms with van der Waals surface area (Å²) in [5.41, 5.74) is 2.81. The fourth-order valence-electron chi connectivity index (χ4n) is 4.27. The highest BCUT2D eigenvalue weighted by Crippen LogP contribution is 2.48. The summed E-state index contributed by atoms with van der Waals surface area (Å²) in [6, 6.07) is 10.5. The molecule has 0 saturated carbocycles. The number of ether oxygens (including phenoxy) is 2. The van der Waals surface area contributed by atoms with Gasteiger partial charge in [-0.3, -0.25) is 0 Å². The zero-order chi connectivity index (χ0) is 23.0. The van der Waals surface area contributed by atoms with Gasteiger partial charge < -0.3 is 14.6 Å². The first-order chi connectivity index (χ1) is 14.4. The van der Waals surface area contributed by atoms with Gasteiger partial charge in [-0.2, -0.15) is 0 Å². The summed E-state index contributed by atoms with van der Waals surface area (Å²) in [5, 5.41) is 8.72. The monoisotopic (exact) mass is 422 g/mol. The number of carbonyl (C=O) groups is 2. The lowest BCUT2D eigenvalue weighted by atomic mass is 9.72. The van der Waals surface area contributed by atoms with Gasteiger partial charge in [0.2, 0.25) is 0 Å². The van der Waals surface area contributed by atoms with Crippen LogP contribution >= 0.6 is 0 Å². The van der Waals surface area contributed by atoms with Crippen molar-refractivity contribution in [2.75, 3.05) is 0 Å². The van der Waals surface area contributed by atoms with Crippen LogP contribution in [0, 0.1) is 0 Å². The van der Waals surface area contributed by atoms with Gasteiger partial charge in [-0.1, -0.05) is 39.8 Å². The van der Waals surface area contributed by atoms with Gasteiger partial charge in [0.05, 0.1) is 5.56 Å². The molecule has 0 bridgehead atoms. The van der Waals surface area contributed by atoms with E-state index in [2.05, 4.69) is 41.5 Å². The normalized spacial score (nSPS) is 16.6. The van der Waals surface area contributed by atoms with E-state index in [1.807, 2.05) is 12.1 Å². The van der Waals surface area contributed by atoms with Gasteiger partial charge in [0, 0.05) is 11.6 Å². The Hall–Kier alpha value is -3.08. The number of carboxylic acids is 1. The maximum absolute atomic E-state index is 13.0. The lowest BCUT2D eigenvalue weighted by Crippen LogP contribution is -2.42. The average Bonchev–Trinajstić information content (AvgIpc) is 2.65. The van der Waals surface area contributed by atoms with Crippen LogP contribution in [0.5, 0.6) is 11.5 Å². The fraction of sp³-hybridized carbons (Fsp3) is 0.385. The van der Waals surface area contributed by atoms with Gasteiger partial charge in [-0.15, -0.1) is 0 Å². The maximum atomic E-state index is 13.0. The number of esters is 1. The number of rotatable bonds is 5. The van der Waals surface area contributed by atoms with Crippen molar-refractivity contribution in [2.45, 2.75) is 64.9 Å². The highest BCUT2D eigenvalue weighted by molar-refractivity contribution is 5.92. The van der Waals surface area contributed by atoms with Crippen LogP contribution in [0.1, 0.15) is 80.9 Å². The molecule has 0 amide bonds. The largest absolute Gasteiger partial charge is 0.487 e. The smallest absolute Gasteiger partial charge is 0.343 e. The predicted octanol–water partition coefficient (Wildman–Crippen LogP) is 5.97. The van der Waals surface area contributed by atoms with Crippen LogP contribution in [0.25, 0.3) is 6.08 Å². The summed E-state index contributed by atoms with van der Waals surface area (Å²) >= 11 is 0. The summed E-state index contributed by atoms with van der Waals surface area (Å²) in [6.45, 7) is 12.7. The van der Waals surface area contributed by atoms with E-state index >= 15 is 0 Å². The molecule has 1 aliphatic rings. The molecule has 0 aromatic heterocycles. The Morgan fingerprint density at radius 1 is 1.10 bits per heavy atom. The van der Waals surface area contributed by atoms with E-state index in [1.54, 1.807) is 24.3 Å². The van der Waals surface area contributed by atoms with E-state index in [0.29, 0.717) is 16.9 Å². The molecular weight excluding hydrogens is 392 g/mol. The van der Waals surface area contributed by atoms with Crippen molar-refractivity contribution in [3.05, 3.63) is 64.7 Å². The Kier molecular flexibility index (Phi) is 5.99. The number of hydrogen-bond donors (Lipinski definition) is 1. The minimum atomic E-state index is -1.01. The van der Waals surface area contributed by atoms with Crippen molar-refractivity contribution in [1.82, 2.24) is 0 Å². The quantitative estimate of drug-likeness (QED) is 0.365. The SMILES string of the molecule is CC(C)c1cc(C(=O)Oc2ccc(/C=C/C(=O)O)cc2)cc2c1OC(C)(C)CC2(C)C. The first-order valence-corrected chi connectivity index (χ1v) is 10.5. The van der Waals surface area contributed by atoms with Crippen LogP contribution in [0.3, 0.4) is 0 Å².